The van der Waals surface area contributed by atoms with E-state index in [9.17, 15) is 4.79 Å². The molecule has 0 unspecified atom stereocenters. The molecule has 150 valence electrons. The van der Waals surface area contributed by atoms with Crippen LogP contribution in [0.4, 0.5) is 0 Å². The summed E-state index contributed by atoms with van der Waals surface area (Å²) in [6.07, 6.45) is 1.95. The van der Waals surface area contributed by atoms with E-state index in [0.29, 0.717) is 6.61 Å². The molecule has 0 atom stereocenters. The first-order chi connectivity index (χ1) is 13.9. The summed E-state index contributed by atoms with van der Waals surface area (Å²) < 4.78 is 5.73. The van der Waals surface area contributed by atoms with Crippen molar-refractivity contribution in [1.82, 2.24) is 5.43 Å². The van der Waals surface area contributed by atoms with Crippen LogP contribution >= 0.6 is 0 Å². The van der Waals surface area contributed by atoms with Gasteiger partial charge in [-0.15, -0.1) is 0 Å². The average molecular weight is 389 g/mol. The van der Waals surface area contributed by atoms with Crippen molar-refractivity contribution in [2.75, 3.05) is 6.61 Å². The lowest BCUT2D eigenvalue weighted by Gasteiger charge is -2.19. The van der Waals surface area contributed by atoms with E-state index in [0.717, 1.165) is 27.6 Å². The molecule has 0 fully saturated rings. The average Bonchev–Trinajstić information content (AvgIpc) is 2.69. The number of benzene rings is 3. The second-order valence-electron chi connectivity index (χ2n) is 8.05. The van der Waals surface area contributed by atoms with Gasteiger partial charge in [-0.05, 0) is 40.3 Å². The van der Waals surface area contributed by atoms with Crippen LogP contribution in [0.15, 0.2) is 65.8 Å². The maximum atomic E-state index is 12.3. The van der Waals surface area contributed by atoms with Crippen LogP contribution in [0.25, 0.3) is 10.8 Å². The van der Waals surface area contributed by atoms with Crippen molar-refractivity contribution < 1.29 is 9.53 Å². The maximum Gasteiger partial charge on any atom is 0.244 e. The normalized spacial score (nSPS) is 11.7. The van der Waals surface area contributed by atoms with Crippen molar-refractivity contribution in [2.24, 2.45) is 5.10 Å². The van der Waals surface area contributed by atoms with Gasteiger partial charge in [0.05, 0.1) is 19.2 Å². The molecule has 1 amide bonds. The minimum Gasteiger partial charge on any atom is -0.493 e. The Labute approximate surface area is 172 Å². The van der Waals surface area contributed by atoms with Gasteiger partial charge < -0.3 is 4.74 Å². The van der Waals surface area contributed by atoms with E-state index in [4.69, 9.17) is 4.74 Å². The Morgan fingerprint density at radius 1 is 1.03 bits per heavy atom. The number of nitrogens with one attached hydrogen (secondary N) is 1. The number of nitrogens with zero attached hydrogens (tertiary/aromatic N) is 1. The minimum atomic E-state index is -0.150. The molecule has 0 saturated heterocycles. The second-order valence-corrected chi connectivity index (χ2v) is 8.05. The van der Waals surface area contributed by atoms with E-state index < -0.39 is 0 Å². The van der Waals surface area contributed by atoms with E-state index in [-0.39, 0.29) is 17.7 Å². The molecule has 3 aromatic rings. The SMILES string of the molecule is CCOc1ccc2ccccc2c1C=NNC(=O)Cc1ccc(C(C)(C)C)cc1. The van der Waals surface area contributed by atoms with E-state index in [1.807, 2.05) is 55.5 Å². The zero-order valence-electron chi connectivity index (χ0n) is 17.5. The number of carbonyl (C=O) groups excluding carboxylic acids is 1. The lowest BCUT2D eigenvalue weighted by atomic mass is 9.86. The number of rotatable bonds is 6. The quantitative estimate of drug-likeness (QED) is 0.464. The maximum absolute atomic E-state index is 12.3. The lowest BCUT2D eigenvalue weighted by Crippen LogP contribution is -2.20. The van der Waals surface area contributed by atoms with Crippen LogP contribution in [0, 0.1) is 0 Å². The molecule has 3 rings (SSSR count). The third kappa shape index (κ3) is 5.23. The highest BCUT2D eigenvalue weighted by molar-refractivity contribution is 6.02. The number of hydrazone groups is 1. The summed E-state index contributed by atoms with van der Waals surface area (Å²) in [5.74, 6) is 0.602. The van der Waals surface area contributed by atoms with Gasteiger partial charge in [-0.1, -0.05) is 75.4 Å². The number of amides is 1. The number of fused-ring (bicyclic) bond motifs is 1. The van der Waals surface area contributed by atoms with Gasteiger partial charge in [0, 0.05) is 5.56 Å². The van der Waals surface area contributed by atoms with Crippen LogP contribution < -0.4 is 10.2 Å². The molecular weight excluding hydrogens is 360 g/mol. The monoisotopic (exact) mass is 388 g/mol. The van der Waals surface area contributed by atoms with Gasteiger partial charge in [0.1, 0.15) is 5.75 Å². The number of carbonyl (C=O) groups is 1. The molecule has 0 saturated carbocycles. The first-order valence-corrected chi connectivity index (χ1v) is 9.94. The van der Waals surface area contributed by atoms with Crippen molar-refractivity contribution in [1.29, 1.82) is 0 Å². The van der Waals surface area contributed by atoms with Crippen molar-refractivity contribution in [3.8, 4) is 5.75 Å². The van der Waals surface area contributed by atoms with Gasteiger partial charge in [0.25, 0.3) is 0 Å². The second kappa shape index (κ2) is 8.91. The van der Waals surface area contributed by atoms with Gasteiger partial charge in [0.2, 0.25) is 5.91 Å². The van der Waals surface area contributed by atoms with Crippen LogP contribution in [0.1, 0.15) is 44.4 Å². The van der Waals surface area contributed by atoms with E-state index >= 15 is 0 Å². The zero-order valence-corrected chi connectivity index (χ0v) is 17.5. The molecule has 0 spiro atoms. The summed E-state index contributed by atoms with van der Waals surface area (Å²) in [4.78, 5) is 12.3. The van der Waals surface area contributed by atoms with Gasteiger partial charge >= 0.3 is 0 Å². The third-order valence-electron chi connectivity index (χ3n) is 4.80. The molecule has 1 N–H and O–H groups in total. The predicted octanol–water partition coefficient (Wildman–Crippen LogP) is 5.23. The molecule has 0 aliphatic rings. The molecule has 29 heavy (non-hydrogen) atoms. The Hall–Kier alpha value is -3.14. The van der Waals surface area contributed by atoms with Crippen LogP contribution in [-0.4, -0.2) is 18.7 Å². The molecular formula is C25H28N2O2. The Bertz CT molecular complexity index is 1020. The summed E-state index contributed by atoms with van der Waals surface area (Å²) in [5.41, 5.74) is 5.81. The van der Waals surface area contributed by atoms with Gasteiger partial charge in [-0.25, -0.2) is 5.43 Å². The topological polar surface area (TPSA) is 50.7 Å². The van der Waals surface area contributed by atoms with Crippen LogP contribution in [0.5, 0.6) is 5.75 Å². The molecule has 0 aliphatic heterocycles. The summed E-state index contributed by atoms with van der Waals surface area (Å²) in [5, 5.41) is 6.32. The van der Waals surface area contributed by atoms with Crippen LogP contribution in [0.3, 0.4) is 0 Å². The van der Waals surface area contributed by atoms with Crippen molar-refractivity contribution in [3.05, 3.63) is 77.4 Å². The zero-order chi connectivity index (χ0) is 20.9. The van der Waals surface area contributed by atoms with Gasteiger partial charge in [-0.2, -0.15) is 5.10 Å². The largest absolute Gasteiger partial charge is 0.493 e. The van der Waals surface area contributed by atoms with Gasteiger partial charge in [0.15, 0.2) is 0 Å². The third-order valence-corrected chi connectivity index (χ3v) is 4.80. The predicted molar refractivity (Wildman–Crippen MR) is 120 cm³/mol. The minimum absolute atomic E-state index is 0.0990. The van der Waals surface area contributed by atoms with Crippen molar-refractivity contribution >= 4 is 22.9 Å². The Kier molecular flexibility index (Phi) is 6.32. The fraction of sp³-hybridized carbons (Fsp3) is 0.280. The molecule has 3 aromatic carbocycles. The van der Waals surface area contributed by atoms with Crippen molar-refractivity contribution in [3.63, 3.8) is 0 Å². The van der Waals surface area contributed by atoms with E-state index in [1.165, 1.54) is 5.56 Å². The number of hydrogen-bond donors (Lipinski definition) is 1. The molecule has 0 aliphatic carbocycles. The molecule has 0 aromatic heterocycles. The molecule has 0 bridgehead atoms. The van der Waals surface area contributed by atoms with Gasteiger partial charge in [-0.3, -0.25) is 4.79 Å². The first-order valence-electron chi connectivity index (χ1n) is 9.94. The van der Waals surface area contributed by atoms with Crippen LogP contribution in [-0.2, 0) is 16.6 Å². The Morgan fingerprint density at radius 3 is 2.45 bits per heavy atom. The summed E-state index contributed by atoms with van der Waals surface area (Å²) >= 11 is 0. The Balaban J connectivity index is 1.71. The summed E-state index contributed by atoms with van der Waals surface area (Å²) in [6.45, 7) is 9.03. The Morgan fingerprint density at radius 2 is 1.76 bits per heavy atom. The van der Waals surface area contributed by atoms with Crippen LogP contribution in [0.2, 0.25) is 0 Å². The van der Waals surface area contributed by atoms with E-state index in [2.05, 4.69) is 43.4 Å². The molecule has 4 heteroatoms. The van der Waals surface area contributed by atoms with E-state index in [1.54, 1.807) is 6.21 Å². The first kappa shape index (κ1) is 20.6. The number of ether oxygens (including phenoxy) is 1. The highest BCUT2D eigenvalue weighted by Crippen LogP contribution is 2.26. The molecule has 0 radical (unpaired) electrons. The summed E-state index contributed by atoms with van der Waals surface area (Å²) in [6, 6.07) is 20.2. The standard InChI is InChI=1S/C25H28N2O2/c1-5-29-23-15-12-19-8-6-7-9-21(19)22(23)17-26-27-24(28)16-18-10-13-20(14-11-18)25(2,3)4/h6-15,17H,5,16H2,1-4H3,(H,27,28). The molecule has 4 nitrogen and oxygen atoms in total. The lowest BCUT2D eigenvalue weighted by molar-refractivity contribution is -0.120. The summed E-state index contributed by atoms with van der Waals surface area (Å²) in [7, 11) is 0. The van der Waals surface area contributed by atoms with Crippen molar-refractivity contribution in [2.45, 2.75) is 39.5 Å². The number of hydrogen-bond acceptors (Lipinski definition) is 3. The highest BCUT2D eigenvalue weighted by atomic mass is 16.5. The molecule has 0 heterocycles. The fourth-order valence-corrected chi connectivity index (χ4v) is 3.21. The highest BCUT2D eigenvalue weighted by Gasteiger charge is 2.13. The smallest absolute Gasteiger partial charge is 0.244 e. The fourth-order valence-electron chi connectivity index (χ4n) is 3.21.